The summed E-state index contributed by atoms with van der Waals surface area (Å²) in [6, 6.07) is 8.76. The van der Waals surface area contributed by atoms with Crippen LogP contribution in [0.2, 0.25) is 0 Å². The van der Waals surface area contributed by atoms with Gasteiger partial charge in [0.2, 0.25) is 0 Å². The maximum atomic E-state index is 2.27. The molecule has 0 N–H and O–H groups in total. The van der Waals surface area contributed by atoms with Crippen molar-refractivity contribution in [1.82, 2.24) is 0 Å². The van der Waals surface area contributed by atoms with Crippen LogP contribution in [0.1, 0.15) is 31.7 Å². The topological polar surface area (TPSA) is 3.24 Å². The number of allylic oxidation sites excluding steroid dienone is 4. The highest BCUT2D eigenvalue weighted by molar-refractivity contribution is 5.47. The largest absolute Gasteiger partial charge is 0.378 e. The van der Waals surface area contributed by atoms with Gasteiger partial charge in [0.25, 0.3) is 0 Å². The van der Waals surface area contributed by atoms with Crippen molar-refractivity contribution < 1.29 is 0 Å². The molecule has 0 spiro atoms. The summed E-state index contributed by atoms with van der Waals surface area (Å²) < 4.78 is 0. The van der Waals surface area contributed by atoms with Crippen LogP contribution in [-0.4, -0.2) is 14.1 Å². The summed E-state index contributed by atoms with van der Waals surface area (Å²) in [6.07, 6.45) is 9.55. The third kappa shape index (κ3) is 4.48. The fourth-order valence-electron chi connectivity index (χ4n) is 1.72. The van der Waals surface area contributed by atoms with Crippen molar-refractivity contribution in [2.24, 2.45) is 0 Å². The summed E-state index contributed by atoms with van der Waals surface area (Å²) in [5.41, 5.74) is 2.67. The Balaban J connectivity index is 2.68. The van der Waals surface area contributed by atoms with Gasteiger partial charge in [-0.15, -0.1) is 0 Å². The number of rotatable bonds is 5. The molecule has 1 aromatic carbocycles. The molecule has 0 saturated heterocycles. The minimum absolute atomic E-state index is 0.566. The van der Waals surface area contributed by atoms with E-state index in [1.165, 1.54) is 11.3 Å². The summed E-state index contributed by atoms with van der Waals surface area (Å²) >= 11 is 0. The minimum Gasteiger partial charge on any atom is -0.378 e. The van der Waals surface area contributed by atoms with Crippen molar-refractivity contribution in [2.75, 3.05) is 19.0 Å². The average Bonchev–Trinajstić information content (AvgIpc) is 2.34. The highest BCUT2D eigenvalue weighted by Gasteiger charge is 2.04. The molecule has 0 fully saturated rings. The number of anilines is 1. The molecule has 1 aromatic rings. The number of benzene rings is 1. The van der Waals surface area contributed by atoms with Gasteiger partial charge in [-0.3, -0.25) is 0 Å². The second-order valence-corrected chi connectivity index (χ2v) is 4.58. The first-order valence-electron chi connectivity index (χ1n) is 6.20. The fourth-order valence-corrected chi connectivity index (χ4v) is 1.72. The second kappa shape index (κ2) is 6.95. The Morgan fingerprint density at radius 2 is 2.00 bits per heavy atom. The van der Waals surface area contributed by atoms with Crippen molar-refractivity contribution in [3.05, 3.63) is 54.1 Å². The lowest BCUT2D eigenvalue weighted by atomic mass is 9.97. The van der Waals surface area contributed by atoms with E-state index in [1.54, 1.807) is 0 Å². The molecule has 0 aromatic heterocycles. The van der Waals surface area contributed by atoms with Crippen LogP contribution in [0.4, 0.5) is 5.69 Å². The van der Waals surface area contributed by atoms with E-state index < -0.39 is 0 Å². The van der Waals surface area contributed by atoms with E-state index in [0.29, 0.717) is 5.92 Å². The Morgan fingerprint density at radius 1 is 1.24 bits per heavy atom. The van der Waals surface area contributed by atoms with Crippen LogP contribution in [0, 0.1) is 0 Å². The Kier molecular flexibility index (Phi) is 5.55. The highest BCUT2D eigenvalue weighted by Crippen LogP contribution is 2.23. The first-order valence-corrected chi connectivity index (χ1v) is 6.20. The van der Waals surface area contributed by atoms with Crippen LogP contribution in [0.5, 0.6) is 0 Å². The van der Waals surface area contributed by atoms with Gasteiger partial charge in [0.1, 0.15) is 0 Å². The lowest BCUT2D eigenvalue weighted by molar-refractivity contribution is 0.780. The molecule has 0 aliphatic carbocycles. The van der Waals surface area contributed by atoms with Gasteiger partial charge in [0, 0.05) is 19.8 Å². The van der Waals surface area contributed by atoms with E-state index in [1.807, 2.05) is 13.0 Å². The molecule has 1 rings (SSSR count). The molecule has 0 radical (unpaired) electrons. The lowest BCUT2D eigenvalue weighted by Gasteiger charge is -2.16. The Bertz CT molecular complexity index is 388. The molecule has 0 bridgehead atoms. The van der Waals surface area contributed by atoms with Crippen LogP contribution in [0.25, 0.3) is 0 Å². The van der Waals surface area contributed by atoms with Gasteiger partial charge in [-0.1, -0.05) is 43.4 Å². The van der Waals surface area contributed by atoms with Gasteiger partial charge >= 0.3 is 0 Å². The average molecular weight is 229 g/mol. The standard InChI is InChI=1S/C16H23N/c1-5-6-7-8-10-14(2)15-11-9-12-16(13-15)17(3)4/h5-9,11-14H,10H2,1-4H3/b6-5-,8-7-. The van der Waals surface area contributed by atoms with E-state index in [0.717, 1.165) is 6.42 Å². The van der Waals surface area contributed by atoms with Crippen molar-refractivity contribution in [2.45, 2.75) is 26.2 Å². The molecule has 1 unspecified atom stereocenters. The monoisotopic (exact) mass is 229 g/mol. The summed E-state index contributed by atoms with van der Waals surface area (Å²) in [5.74, 6) is 0.566. The second-order valence-electron chi connectivity index (χ2n) is 4.58. The fraction of sp³-hybridized carbons (Fsp3) is 0.375. The van der Waals surface area contributed by atoms with Crippen molar-refractivity contribution in [3.63, 3.8) is 0 Å². The molecule has 0 heterocycles. The van der Waals surface area contributed by atoms with E-state index in [4.69, 9.17) is 0 Å². The maximum absolute atomic E-state index is 2.27. The number of nitrogens with zero attached hydrogens (tertiary/aromatic N) is 1. The van der Waals surface area contributed by atoms with Crippen LogP contribution in [0.3, 0.4) is 0 Å². The smallest absolute Gasteiger partial charge is 0.0363 e. The first-order chi connectivity index (χ1) is 8.15. The number of hydrogen-bond donors (Lipinski definition) is 0. The van der Waals surface area contributed by atoms with Crippen LogP contribution >= 0.6 is 0 Å². The summed E-state index contributed by atoms with van der Waals surface area (Å²) in [5, 5.41) is 0. The van der Waals surface area contributed by atoms with E-state index in [-0.39, 0.29) is 0 Å². The Hall–Kier alpha value is -1.50. The zero-order chi connectivity index (χ0) is 12.7. The first kappa shape index (κ1) is 13.6. The zero-order valence-electron chi connectivity index (χ0n) is 11.4. The molecule has 0 saturated carbocycles. The van der Waals surface area contributed by atoms with Crippen molar-refractivity contribution >= 4 is 5.69 Å². The lowest BCUT2D eigenvalue weighted by Crippen LogP contribution is -2.09. The molecule has 1 heteroatoms. The van der Waals surface area contributed by atoms with Crippen LogP contribution in [-0.2, 0) is 0 Å². The SMILES string of the molecule is C/C=C\C=C/CC(C)c1cccc(N(C)C)c1. The Labute approximate surface area is 105 Å². The normalized spacial score (nSPS) is 13.4. The third-order valence-electron chi connectivity index (χ3n) is 2.88. The summed E-state index contributed by atoms with van der Waals surface area (Å²) in [4.78, 5) is 2.14. The van der Waals surface area contributed by atoms with Gasteiger partial charge in [-0.05, 0) is 37.0 Å². The molecule has 92 valence electrons. The molecule has 17 heavy (non-hydrogen) atoms. The predicted molar refractivity (Wildman–Crippen MR) is 77.8 cm³/mol. The van der Waals surface area contributed by atoms with E-state index in [9.17, 15) is 0 Å². The molecule has 1 atom stereocenters. The van der Waals surface area contributed by atoms with Gasteiger partial charge in [-0.2, -0.15) is 0 Å². The summed E-state index contributed by atoms with van der Waals surface area (Å²) in [7, 11) is 4.16. The van der Waals surface area contributed by atoms with Gasteiger partial charge in [-0.25, -0.2) is 0 Å². The minimum atomic E-state index is 0.566. The van der Waals surface area contributed by atoms with Gasteiger partial charge < -0.3 is 4.90 Å². The molecule has 1 nitrogen and oxygen atoms in total. The third-order valence-corrected chi connectivity index (χ3v) is 2.88. The zero-order valence-corrected chi connectivity index (χ0v) is 11.4. The van der Waals surface area contributed by atoms with Crippen molar-refractivity contribution in [3.8, 4) is 0 Å². The van der Waals surface area contributed by atoms with E-state index in [2.05, 4.69) is 68.4 Å². The summed E-state index contributed by atoms with van der Waals surface area (Å²) in [6.45, 7) is 4.31. The molecule has 0 aliphatic rings. The van der Waals surface area contributed by atoms with Crippen LogP contribution < -0.4 is 4.90 Å². The van der Waals surface area contributed by atoms with E-state index >= 15 is 0 Å². The molecular formula is C16H23N. The maximum Gasteiger partial charge on any atom is 0.0363 e. The quantitative estimate of drug-likeness (QED) is 0.677. The number of hydrogen-bond acceptors (Lipinski definition) is 1. The highest BCUT2D eigenvalue weighted by atomic mass is 15.1. The van der Waals surface area contributed by atoms with Crippen LogP contribution in [0.15, 0.2) is 48.6 Å². The van der Waals surface area contributed by atoms with Gasteiger partial charge in [0.05, 0.1) is 0 Å². The molecule has 0 amide bonds. The predicted octanol–water partition coefficient (Wildman–Crippen LogP) is 4.38. The molecule has 0 aliphatic heterocycles. The van der Waals surface area contributed by atoms with Gasteiger partial charge in [0.15, 0.2) is 0 Å². The molecular weight excluding hydrogens is 206 g/mol. The van der Waals surface area contributed by atoms with Crippen molar-refractivity contribution in [1.29, 1.82) is 0 Å². The Morgan fingerprint density at radius 3 is 2.65 bits per heavy atom.